The fourth-order valence-corrected chi connectivity index (χ4v) is 3.09. The van der Waals surface area contributed by atoms with Gasteiger partial charge in [-0.25, -0.2) is 0 Å². The summed E-state index contributed by atoms with van der Waals surface area (Å²) in [6.45, 7) is -0.426. The summed E-state index contributed by atoms with van der Waals surface area (Å²) in [4.78, 5) is 35.9. The minimum absolute atomic E-state index is 0.0768. The summed E-state index contributed by atoms with van der Waals surface area (Å²) < 4.78 is 16.9. The molecule has 0 radical (unpaired) electrons. The van der Waals surface area contributed by atoms with Crippen LogP contribution < -0.4 is 20.1 Å². The van der Waals surface area contributed by atoms with E-state index in [9.17, 15) is 14.4 Å². The molecule has 0 saturated heterocycles. The van der Waals surface area contributed by atoms with Crippen LogP contribution in [0.1, 0.15) is 12.8 Å². The first kappa shape index (κ1) is 24.8. The van der Waals surface area contributed by atoms with Crippen LogP contribution in [0.3, 0.4) is 0 Å². The number of hydrogen-bond acceptors (Lipinski definition) is 6. The molecule has 2 N–H and O–H groups in total. The molecule has 0 unspecified atom stereocenters. The quantitative estimate of drug-likeness (QED) is 0.354. The molecule has 8 nitrogen and oxygen atoms in total. The first-order chi connectivity index (χ1) is 16.4. The summed E-state index contributed by atoms with van der Waals surface area (Å²) in [5, 5.41) is 5.32. The van der Waals surface area contributed by atoms with Crippen LogP contribution in [0, 0.1) is 0 Å². The van der Waals surface area contributed by atoms with E-state index in [1.807, 2.05) is 12.1 Å². The average Bonchev–Trinajstić information content (AvgIpc) is 2.84. The van der Waals surface area contributed by atoms with Crippen LogP contribution in [0.25, 0.3) is 0 Å². The van der Waals surface area contributed by atoms with Gasteiger partial charge in [-0.05, 0) is 60.7 Å². The Hall–Kier alpha value is -3.85. The summed E-state index contributed by atoms with van der Waals surface area (Å²) >= 11 is 3.31. The largest absolute Gasteiger partial charge is 0.493 e. The number of carbonyl (C=O) groups excluding carboxylic acids is 3. The number of amides is 2. The molecule has 0 fully saturated rings. The van der Waals surface area contributed by atoms with E-state index in [4.69, 9.17) is 14.2 Å². The van der Waals surface area contributed by atoms with Crippen LogP contribution in [-0.2, 0) is 19.1 Å². The Balaban J connectivity index is 1.38. The molecule has 0 atom stereocenters. The molecular weight excluding hydrogens is 504 g/mol. The van der Waals surface area contributed by atoms with Gasteiger partial charge in [-0.2, -0.15) is 0 Å². The minimum Gasteiger partial charge on any atom is -0.493 e. The number of benzene rings is 3. The van der Waals surface area contributed by atoms with Crippen LogP contribution in [0.4, 0.5) is 11.4 Å². The number of hydrogen-bond donors (Lipinski definition) is 2. The summed E-state index contributed by atoms with van der Waals surface area (Å²) in [7, 11) is 1.56. The zero-order valence-corrected chi connectivity index (χ0v) is 20.0. The standard InChI is InChI=1S/C25H23BrN2O6/c1-32-21-4-2-3-5-22(21)34-20-12-10-19(11-13-20)27-23(29)14-15-25(31)33-16-24(30)28-18-8-6-17(26)7-9-18/h2-13H,14-16H2,1H3,(H,27,29)(H,28,30). The van der Waals surface area contributed by atoms with E-state index in [0.29, 0.717) is 28.6 Å². The highest BCUT2D eigenvalue weighted by atomic mass is 79.9. The molecule has 0 aliphatic rings. The number of nitrogens with one attached hydrogen (secondary N) is 2. The maximum atomic E-state index is 12.1. The van der Waals surface area contributed by atoms with Crippen molar-refractivity contribution in [1.82, 2.24) is 0 Å². The van der Waals surface area contributed by atoms with Crippen LogP contribution in [0.5, 0.6) is 17.2 Å². The van der Waals surface area contributed by atoms with E-state index in [1.54, 1.807) is 67.8 Å². The van der Waals surface area contributed by atoms with Crippen LogP contribution >= 0.6 is 15.9 Å². The lowest BCUT2D eigenvalue weighted by molar-refractivity contribution is -0.147. The summed E-state index contributed by atoms with van der Waals surface area (Å²) in [5.74, 6) is 0.308. The number of ether oxygens (including phenoxy) is 3. The summed E-state index contributed by atoms with van der Waals surface area (Å²) in [6.07, 6.45) is -0.223. The molecule has 3 rings (SSSR count). The average molecular weight is 527 g/mol. The zero-order chi connectivity index (χ0) is 24.3. The van der Waals surface area contributed by atoms with Gasteiger partial charge >= 0.3 is 5.97 Å². The van der Waals surface area contributed by atoms with Crippen molar-refractivity contribution in [3.63, 3.8) is 0 Å². The van der Waals surface area contributed by atoms with Gasteiger partial charge in [0.25, 0.3) is 5.91 Å². The highest BCUT2D eigenvalue weighted by molar-refractivity contribution is 9.10. The van der Waals surface area contributed by atoms with Gasteiger partial charge in [-0.1, -0.05) is 28.1 Å². The molecule has 0 spiro atoms. The number of methoxy groups -OCH3 is 1. The van der Waals surface area contributed by atoms with E-state index < -0.39 is 18.5 Å². The molecule has 0 heterocycles. The smallest absolute Gasteiger partial charge is 0.306 e. The third-order valence-corrected chi connectivity index (χ3v) is 5.01. The second-order valence-corrected chi connectivity index (χ2v) is 7.96. The van der Waals surface area contributed by atoms with Crippen molar-refractivity contribution in [2.45, 2.75) is 12.8 Å². The lowest BCUT2D eigenvalue weighted by Crippen LogP contribution is -2.21. The predicted octanol–water partition coefficient (Wildman–Crippen LogP) is 5.15. The molecule has 2 amide bonds. The van der Waals surface area contributed by atoms with Crippen LogP contribution in [0.15, 0.2) is 77.3 Å². The van der Waals surface area contributed by atoms with Gasteiger partial charge in [0.2, 0.25) is 5.91 Å². The van der Waals surface area contributed by atoms with E-state index in [0.717, 1.165) is 4.47 Å². The van der Waals surface area contributed by atoms with Crippen molar-refractivity contribution in [1.29, 1.82) is 0 Å². The first-order valence-electron chi connectivity index (χ1n) is 10.3. The van der Waals surface area contributed by atoms with Gasteiger partial charge in [0.1, 0.15) is 5.75 Å². The Kier molecular flexibility index (Phi) is 9.04. The van der Waals surface area contributed by atoms with E-state index in [1.165, 1.54) is 0 Å². The molecule has 0 aliphatic heterocycles. The maximum Gasteiger partial charge on any atom is 0.306 e. The first-order valence-corrected chi connectivity index (χ1v) is 11.1. The molecule has 0 aromatic heterocycles. The molecule has 34 heavy (non-hydrogen) atoms. The van der Waals surface area contributed by atoms with E-state index in [2.05, 4.69) is 26.6 Å². The molecule has 3 aromatic carbocycles. The molecule has 0 bridgehead atoms. The van der Waals surface area contributed by atoms with Gasteiger partial charge < -0.3 is 24.8 Å². The molecule has 0 aliphatic carbocycles. The molecule has 3 aromatic rings. The molecule has 9 heteroatoms. The van der Waals surface area contributed by atoms with E-state index in [-0.39, 0.29) is 18.7 Å². The summed E-state index contributed by atoms with van der Waals surface area (Å²) in [5.41, 5.74) is 1.14. The topological polar surface area (TPSA) is 103 Å². The van der Waals surface area contributed by atoms with Gasteiger partial charge in [0, 0.05) is 22.3 Å². The van der Waals surface area contributed by atoms with Crippen LogP contribution in [-0.4, -0.2) is 31.5 Å². The van der Waals surface area contributed by atoms with Gasteiger partial charge in [-0.15, -0.1) is 0 Å². The van der Waals surface area contributed by atoms with Crippen molar-refractivity contribution in [2.75, 3.05) is 24.4 Å². The van der Waals surface area contributed by atoms with Crippen LogP contribution in [0.2, 0.25) is 0 Å². The minimum atomic E-state index is -0.637. The Labute approximate surface area is 205 Å². The summed E-state index contributed by atoms with van der Waals surface area (Å²) in [6, 6.07) is 21.0. The fraction of sp³-hybridized carbons (Fsp3) is 0.160. The van der Waals surface area contributed by atoms with Crippen molar-refractivity contribution in [2.24, 2.45) is 0 Å². The number of carbonyl (C=O) groups is 3. The fourth-order valence-electron chi connectivity index (χ4n) is 2.82. The highest BCUT2D eigenvalue weighted by Crippen LogP contribution is 2.31. The predicted molar refractivity (Wildman–Crippen MR) is 131 cm³/mol. The SMILES string of the molecule is COc1ccccc1Oc1ccc(NC(=O)CCC(=O)OCC(=O)Nc2ccc(Br)cc2)cc1. The van der Waals surface area contributed by atoms with Crippen molar-refractivity contribution in [3.8, 4) is 17.2 Å². The zero-order valence-electron chi connectivity index (χ0n) is 18.4. The van der Waals surface area contributed by atoms with Crippen molar-refractivity contribution >= 4 is 45.1 Å². The Morgan fingerprint density at radius 1 is 0.765 bits per heavy atom. The monoisotopic (exact) mass is 526 g/mol. The Morgan fingerprint density at radius 2 is 1.35 bits per heavy atom. The highest BCUT2D eigenvalue weighted by Gasteiger charge is 2.11. The molecule has 0 saturated carbocycles. The lowest BCUT2D eigenvalue weighted by Gasteiger charge is -2.11. The number of anilines is 2. The number of esters is 1. The number of rotatable bonds is 10. The molecule has 176 valence electrons. The Bertz CT molecular complexity index is 1130. The maximum absolute atomic E-state index is 12.1. The Morgan fingerprint density at radius 3 is 2.00 bits per heavy atom. The van der Waals surface area contributed by atoms with Crippen molar-refractivity contribution < 1.29 is 28.6 Å². The second-order valence-electron chi connectivity index (χ2n) is 7.04. The molecular formula is C25H23BrN2O6. The van der Waals surface area contributed by atoms with Gasteiger partial charge in [-0.3, -0.25) is 14.4 Å². The van der Waals surface area contributed by atoms with Gasteiger partial charge in [0.15, 0.2) is 18.1 Å². The third kappa shape index (κ3) is 7.93. The second kappa shape index (κ2) is 12.4. The van der Waals surface area contributed by atoms with Gasteiger partial charge in [0.05, 0.1) is 13.5 Å². The normalized spacial score (nSPS) is 10.2. The number of para-hydroxylation sites is 2. The number of halogens is 1. The third-order valence-electron chi connectivity index (χ3n) is 4.48. The van der Waals surface area contributed by atoms with Crippen molar-refractivity contribution in [3.05, 3.63) is 77.3 Å². The van der Waals surface area contributed by atoms with E-state index >= 15 is 0 Å². The lowest BCUT2D eigenvalue weighted by atomic mass is 10.2.